The number of ether oxygens (including phenoxy) is 2. The molecule has 0 fully saturated rings. The van der Waals surface area contributed by atoms with E-state index in [0.717, 1.165) is 11.3 Å². The van der Waals surface area contributed by atoms with Crippen molar-refractivity contribution < 1.29 is 23.9 Å². The molecule has 1 atom stereocenters. The minimum Gasteiger partial charge on any atom is -0.462 e. The highest BCUT2D eigenvalue weighted by molar-refractivity contribution is 7.17. The number of nitrogens with zero attached hydrogens (tertiary/aromatic N) is 1. The molecule has 2 aromatic rings. The molecule has 8 heteroatoms. The van der Waals surface area contributed by atoms with Crippen LogP contribution in [-0.4, -0.2) is 29.4 Å². The van der Waals surface area contributed by atoms with Crippen LogP contribution in [0.4, 0.5) is 5.13 Å². The van der Waals surface area contributed by atoms with Crippen LogP contribution in [0.5, 0.6) is 0 Å². The van der Waals surface area contributed by atoms with Crippen LogP contribution in [0.2, 0.25) is 0 Å². The standard InChI is InChI=1S/C17H16N2O5S/c1-3-23-16(22)14-9(2)18-17(25-14)19-13(20)8-12-10-6-4-5-7-11(10)15(21)24-12/h4-7,12H,3,8H2,1-2H3,(H,18,19,20)/t12-/m0/s1. The lowest BCUT2D eigenvalue weighted by molar-refractivity contribution is -0.118. The van der Waals surface area contributed by atoms with E-state index in [4.69, 9.17) is 9.47 Å². The van der Waals surface area contributed by atoms with Gasteiger partial charge in [-0.15, -0.1) is 0 Å². The lowest BCUT2D eigenvalue weighted by atomic mass is 10.0. The fourth-order valence-corrected chi connectivity index (χ4v) is 3.42. The third-order valence-electron chi connectivity index (χ3n) is 3.65. The van der Waals surface area contributed by atoms with Crippen LogP contribution in [0.1, 0.15) is 50.7 Å². The van der Waals surface area contributed by atoms with Crippen molar-refractivity contribution >= 4 is 34.3 Å². The van der Waals surface area contributed by atoms with Gasteiger partial charge in [0.25, 0.3) is 0 Å². The zero-order valence-electron chi connectivity index (χ0n) is 13.7. The summed E-state index contributed by atoms with van der Waals surface area (Å²) in [6.45, 7) is 3.66. The molecule has 3 rings (SSSR count). The second kappa shape index (κ2) is 7.02. The molecule has 1 aromatic heterocycles. The largest absolute Gasteiger partial charge is 0.462 e. The Labute approximate surface area is 148 Å². The molecule has 1 aliphatic rings. The highest BCUT2D eigenvalue weighted by atomic mass is 32.1. The van der Waals surface area contributed by atoms with Gasteiger partial charge in [-0.05, 0) is 19.9 Å². The number of amides is 1. The molecule has 1 N–H and O–H groups in total. The summed E-state index contributed by atoms with van der Waals surface area (Å²) in [6, 6.07) is 6.98. The van der Waals surface area contributed by atoms with Gasteiger partial charge < -0.3 is 14.8 Å². The molecule has 0 saturated carbocycles. The topological polar surface area (TPSA) is 94.6 Å². The minimum absolute atomic E-state index is 0.0177. The minimum atomic E-state index is -0.616. The average Bonchev–Trinajstić information content (AvgIpc) is 3.09. The summed E-state index contributed by atoms with van der Waals surface area (Å²) in [7, 11) is 0. The molecule has 0 aliphatic carbocycles. The molecule has 7 nitrogen and oxygen atoms in total. The summed E-state index contributed by atoms with van der Waals surface area (Å²) in [5.74, 6) is -1.24. The van der Waals surface area contributed by atoms with Gasteiger partial charge in [0.05, 0.1) is 24.3 Å². The molecule has 2 heterocycles. The Balaban J connectivity index is 1.67. The van der Waals surface area contributed by atoms with Crippen molar-refractivity contribution in [1.82, 2.24) is 4.98 Å². The molecule has 25 heavy (non-hydrogen) atoms. The number of cyclic esters (lactones) is 1. The number of fused-ring (bicyclic) bond motifs is 1. The molecule has 0 spiro atoms. The van der Waals surface area contributed by atoms with Crippen LogP contribution in [-0.2, 0) is 14.3 Å². The third kappa shape index (κ3) is 3.53. The van der Waals surface area contributed by atoms with Crippen molar-refractivity contribution in [3.8, 4) is 0 Å². The maximum absolute atomic E-state index is 12.2. The van der Waals surface area contributed by atoms with E-state index in [1.807, 2.05) is 0 Å². The number of nitrogens with one attached hydrogen (secondary N) is 1. The highest BCUT2D eigenvalue weighted by Crippen LogP contribution is 2.33. The number of aryl methyl sites for hydroxylation is 1. The monoisotopic (exact) mass is 360 g/mol. The van der Waals surface area contributed by atoms with Crippen molar-refractivity contribution in [2.45, 2.75) is 26.4 Å². The Morgan fingerprint density at radius 1 is 1.36 bits per heavy atom. The van der Waals surface area contributed by atoms with Crippen molar-refractivity contribution in [3.63, 3.8) is 0 Å². The summed E-state index contributed by atoms with van der Waals surface area (Å²) >= 11 is 1.05. The van der Waals surface area contributed by atoms with Gasteiger partial charge >= 0.3 is 11.9 Å². The molecule has 0 saturated heterocycles. The van der Waals surface area contributed by atoms with E-state index in [9.17, 15) is 14.4 Å². The summed E-state index contributed by atoms with van der Waals surface area (Å²) in [4.78, 5) is 40.4. The van der Waals surface area contributed by atoms with Crippen molar-refractivity contribution in [1.29, 1.82) is 0 Å². The molecular formula is C17H16N2O5S. The number of anilines is 1. The summed E-state index contributed by atoms with van der Waals surface area (Å²) in [5.41, 5.74) is 1.68. The molecule has 130 valence electrons. The molecule has 0 radical (unpaired) electrons. The summed E-state index contributed by atoms with van der Waals surface area (Å²) in [6.07, 6.45) is -0.634. The molecular weight excluding hydrogens is 344 g/mol. The zero-order chi connectivity index (χ0) is 18.0. The maximum Gasteiger partial charge on any atom is 0.350 e. The lowest BCUT2D eigenvalue weighted by Crippen LogP contribution is -2.15. The Bertz CT molecular complexity index is 845. The third-order valence-corrected chi connectivity index (χ3v) is 4.70. The molecule has 0 unspecified atom stereocenters. The van der Waals surface area contributed by atoms with E-state index in [1.165, 1.54) is 0 Å². The van der Waals surface area contributed by atoms with Crippen molar-refractivity contribution in [3.05, 3.63) is 46.0 Å². The molecule has 1 aromatic carbocycles. The van der Waals surface area contributed by atoms with Gasteiger partial charge in [0.2, 0.25) is 5.91 Å². The number of rotatable bonds is 5. The van der Waals surface area contributed by atoms with Crippen LogP contribution < -0.4 is 5.32 Å². The van der Waals surface area contributed by atoms with Crippen LogP contribution in [0, 0.1) is 6.92 Å². The molecule has 1 amide bonds. The average molecular weight is 360 g/mol. The zero-order valence-corrected chi connectivity index (χ0v) is 14.5. The number of aromatic nitrogens is 1. The first-order valence-corrected chi connectivity index (χ1v) is 8.55. The number of hydrogen-bond donors (Lipinski definition) is 1. The van der Waals surface area contributed by atoms with E-state index in [1.54, 1.807) is 38.1 Å². The number of thiazole rings is 1. The van der Waals surface area contributed by atoms with Crippen LogP contribution >= 0.6 is 11.3 Å². The fraction of sp³-hybridized carbons (Fsp3) is 0.294. The number of benzene rings is 1. The predicted molar refractivity (Wildman–Crippen MR) is 90.7 cm³/mol. The van der Waals surface area contributed by atoms with Gasteiger partial charge in [0, 0.05) is 5.56 Å². The van der Waals surface area contributed by atoms with E-state index in [-0.39, 0.29) is 18.9 Å². The first-order valence-electron chi connectivity index (χ1n) is 7.74. The Morgan fingerprint density at radius 3 is 2.88 bits per heavy atom. The fourth-order valence-electron chi connectivity index (χ4n) is 2.55. The summed E-state index contributed by atoms with van der Waals surface area (Å²) < 4.78 is 10.2. The lowest BCUT2D eigenvalue weighted by Gasteiger charge is -2.09. The van der Waals surface area contributed by atoms with Gasteiger partial charge in [0.1, 0.15) is 11.0 Å². The van der Waals surface area contributed by atoms with Gasteiger partial charge in [0.15, 0.2) is 5.13 Å². The first-order chi connectivity index (χ1) is 12.0. The van der Waals surface area contributed by atoms with Gasteiger partial charge in [-0.2, -0.15) is 0 Å². The second-order valence-corrected chi connectivity index (χ2v) is 6.39. The quantitative estimate of drug-likeness (QED) is 0.824. The predicted octanol–water partition coefficient (Wildman–Crippen LogP) is 2.87. The number of carbonyl (C=O) groups excluding carboxylic acids is 3. The Hall–Kier alpha value is -2.74. The number of hydrogen-bond acceptors (Lipinski definition) is 7. The number of esters is 2. The summed E-state index contributed by atoms with van der Waals surface area (Å²) in [5, 5.41) is 2.95. The number of carbonyl (C=O) groups is 3. The second-order valence-electron chi connectivity index (χ2n) is 5.39. The van der Waals surface area contributed by atoms with Crippen molar-refractivity contribution in [2.24, 2.45) is 0 Å². The van der Waals surface area contributed by atoms with E-state index < -0.39 is 18.0 Å². The maximum atomic E-state index is 12.2. The Kier molecular flexibility index (Phi) is 4.80. The highest BCUT2D eigenvalue weighted by Gasteiger charge is 2.32. The van der Waals surface area contributed by atoms with Crippen LogP contribution in [0.25, 0.3) is 0 Å². The first kappa shape index (κ1) is 17.1. The van der Waals surface area contributed by atoms with Gasteiger partial charge in [-0.25, -0.2) is 14.6 Å². The van der Waals surface area contributed by atoms with E-state index in [2.05, 4.69) is 10.3 Å². The normalized spacial score (nSPS) is 15.4. The Morgan fingerprint density at radius 2 is 2.12 bits per heavy atom. The van der Waals surface area contributed by atoms with Gasteiger partial charge in [-0.3, -0.25) is 4.79 Å². The van der Waals surface area contributed by atoms with Crippen LogP contribution in [0.3, 0.4) is 0 Å². The van der Waals surface area contributed by atoms with Crippen LogP contribution in [0.15, 0.2) is 24.3 Å². The molecule has 0 bridgehead atoms. The van der Waals surface area contributed by atoms with E-state index in [0.29, 0.717) is 26.8 Å². The smallest absolute Gasteiger partial charge is 0.350 e. The molecule has 1 aliphatic heterocycles. The van der Waals surface area contributed by atoms with Gasteiger partial charge in [-0.1, -0.05) is 29.5 Å². The SMILES string of the molecule is CCOC(=O)c1sc(NC(=O)C[C@@H]2OC(=O)c3ccccc32)nc1C. The van der Waals surface area contributed by atoms with Crippen molar-refractivity contribution in [2.75, 3.05) is 11.9 Å². The van der Waals surface area contributed by atoms with E-state index >= 15 is 0 Å².